The van der Waals surface area contributed by atoms with Gasteiger partial charge in [-0.25, -0.2) is 19.5 Å². The number of aromatic nitrogens is 2. The molecule has 1 saturated heterocycles. The van der Waals surface area contributed by atoms with E-state index >= 15 is 0 Å². The van der Waals surface area contributed by atoms with Crippen molar-refractivity contribution in [2.75, 3.05) is 6.61 Å². The van der Waals surface area contributed by atoms with Gasteiger partial charge in [0.05, 0.1) is 22.4 Å². The van der Waals surface area contributed by atoms with Crippen molar-refractivity contribution in [2.45, 2.75) is 24.4 Å². The highest BCUT2D eigenvalue weighted by Crippen LogP contribution is 2.37. The number of hydrogen-bond acceptors (Lipinski definition) is 9. The van der Waals surface area contributed by atoms with E-state index in [1.165, 1.54) is 12.1 Å². The summed E-state index contributed by atoms with van der Waals surface area (Å²) < 4.78 is 23.3. The van der Waals surface area contributed by atoms with Crippen molar-refractivity contribution >= 4 is 17.9 Å². The Morgan fingerprint density at radius 1 is 0.675 bits per heavy atom. The molecule has 1 aromatic heterocycles. The molecule has 1 fully saturated rings. The fraction of sp³-hybridized carbons (Fsp3) is 0.167. The first kappa shape index (κ1) is 26.5. The number of benzene rings is 3. The van der Waals surface area contributed by atoms with E-state index in [0.29, 0.717) is 5.56 Å². The zero-order valence-electron chi connectivity index (χ0n) is 21.0. The third-order valence-corrected chi connectivity index (χ3v) is 6.20. The maximum atomic E-state index is 13.1. The van der Waals surface area contributed by atoms with Crippen molar-refractivity contribution in [2.24, 2.45) is 0 Å². The fourth-order valence-corrected chi connectivity index (χ4v) is 4.23. The molecule has 0 unspecified atom stereocenters. The van der Waals surface area contributed by atoms with Crippen molar-refractivity contribution in [1.29, 1.82) is 0 Å². The number of esters is 3. The highest BCUT2D eigenvalue weighted by molar-refractivity contribution is 5.91. The molecule has 1 aliphatic heterocycles. The van der Waals surface area contributed by atoms with E-state index < -0.39 is 47.9 Å². The number of carbonyl (C=O) groups is 3. The minimum absolute atomic E-state index is 0.225. The SMILES string of the molecule is O=C(OC[C@H]1O[C@@H](c2ccc(=O)[nH]n2)[C@H](OC(=O)c2ccccc2)[C@@H]1OC(=O)c1ccccc1)c1ccccc1. The summed E-state index contributed by atoms with van der Waals surface area (Å²) in [7, 11) is 0. The molecule has 4 atom stereocenters. The van der Waals surface area contributed by atoms with Gasteiger partial charge in [-0.15, -0.1) is 0 Å². The van der Waals surface area contributed by atoms with Crippen molar-refractivity contribution < 1.29 is 33.3 Å². The van der Waals surface area contributed by atoms with Crippen LogP contribution in [0.5, 0.6) is 0 Å². The molecule has 10 nitrogen and oxygen atoms in total. The average molecular weight is 541 g/mol. The minimum Gasteiger partial charge on any atom is -0.459 e. The quantitative estimate of drug-likeness (QED) is 0.263. The highest BCUT2D eigenvalue weighted by atomic mass is 16.6. The molecule has 0 saturated carbocycles. The summed E-state index contributed by atoms with van der Waals surface area (Å²) in [5.41, 5.74) is 0.636. The molecule has 202 valence electrons. The monoisotopic (exact) mass is 540 g/mol. The molecule has 3 aromatic carbocycles. The molecule has 4 aromatic rings. The molecule has 0 aliphatic carbocycles. The van der Waals surface area contributed by atoms with E-state index in [-0.39, 0.29) is 23.4 Å². The predicted molar refractivity (Wildman–Crippen MR) is 140 cm³/mol. The first-order valence-corrected chi connectivity index (χ1v) is 12.4. The third kappa shape index (κ3) is 6.13. The molecule has 1 N–H and O–H groups in total. The molecular weight excluding hydrogens is 516 g/mol. The van der Waals surface area contributed by atoms with Gasteiger partial charge in [-0.1, -0.05) is 54.6 Å². The molecule has 10 heteroatoms. The first-order valence-electron chi connectivity index (χ1n) is 12.4. The molecule has 5 rings (SSSR count). The smallest absolute Gasteiger partial charge is 0.338 e. The summed E-state index contributed by atoms with van der Waals surface area (Å²) in [6.45, 7) is -0.320. The topological polar surface area (TPSA) is 134 Å². The van der Waals surface area contributed by atoms with Gasteiger partial charge in [0.2, 0.25) is 0 Å². The van der Waals surface area contributed by atoms with E-state index in [1.807, 2.05) is 0 Å². The van der Waals surface area contributed by atoms with Crippen LogP contribution in [0.15, 0.2) is 108 Å². The Morgan fingerprint density at radius 3 is 1.68 bits per heavy atom. The zero-order valence-corrected chi connectivity index (χ0v) is 21.0. The van der Waals surface area contributed by atoms with Gasteiger partial charge in [-0.05, 0) is 42.5 Å². The van der Waals surface area contributed by atoms with Crippen LogP contribution in [0.4, 0.5) is 0 Å². The van der Waals surface area contributed by atoms with Gasteiger partial charge in [-0.3, -0.25) is 4.79 Å². The molecule has 40 heavy (non-hydrogen) atoms. The fourth-order valence-electron chi connectivity index (χ4n) is 4.23. The molecule has 0 spiro atoms. The van der Waals surface area contributed by atoms with Gasteiger partial charge < -0.3 is 18.9 Å². The molecule has 2 heterocycles. The summed E-state index contributed by atoms with van der Waals surface area (Å²) in [4.78, 5) is 50.5. The number of hydrogen-bond donors (Lipinski definition) is 1. The summed E-state index contributed by atoms with van der Waals surface area (Å²) in [6, 6.07) is 27.6. The van der Waals surface area contributed by atoms with Crippen LogP contribution in [0.3, 0.4) is 0 Å². The van der Waals surface area contributed by atoms with E-state index in [2.05, 4.69) is 10.2 Å². The normalized spacial score (nSPS) is 19.9. The Balaban J connectivity index is 1.46. The lowest BCUT2D eigenvalue weighted by atomic mass is 10.0. The summed E-state index contributed by atoms with van der Waals surface area (Å²) in [5.74, 6) is -1.99. The van der Waals surface area contributed by atoms with E-state index in [4.69, 9.17) is 18.9 Å². The van der Waals surface area contributed by atoms with Gasteiger partial charge in [-0.2, -0.15) is 5.10 Å². The Kier molecular flexibility index (Phi) is 8.07. The number of rotatable bonds is 8. The van der Waals surface area contributed by atoms with E-state index in [9.17, 15) is 19.2 Å². The van der Waals surface area contributed by atoms with Crippen LogP contribution in [0.2, 0.25) is 0 Å². The minimum atomic E-state index is -1.20. The van der Waals surface area contributed by atoms with Crippen molar-refractivity contribution in [3.05, 3.63) is 136 Å². The maximum Gasteiger partial charge on any atom is 0.338 e. The number of nitrogens with zero attached hydrogens (tertiary/aromatic N) is 1. The summed E-state index contributed by atoms with van der Waals surface area (Å²) in [5, 5.41) is 6.37. The van der Waals surface area contributed by atoms with Gasteiger partial charge in [0.1, 0.15) is 18.8 Å². The van der Waals surface area contributed by atoms with Crippen LogP contribution in [0, 0.1) is 0 Å². The Hall–Kier alpha value is -5.09. The lowest BCUT2D eigenvalue weighted by Gasteiger charge is -2.24. The molecule has 0 bridgehead atoms. The third-order valence-electron chi connectivity index (χ3n) is 6.20. The predicted octanol–water partition coefficient (Wildman–Crippen LogP) is 3.52. The van der Waals surface area contributed by atoms with Crippen LogP contribution in [-0.4, -0.2) is 53.0 Å². The molecule has 1 aliphatic rings. The summed E-state index contributed by atoms with van der Waals surface area (Å²) in [6.07, 6.45) is -4.48. The van der Waals surface area contributed by atoms with Crippen molar-refractivity contribution in [3.8, 4) is 0 Å². The standard InChI is InChI=1S/C30H24N2O8/c33-24-17-16-22(31-32-24)25-27(40-30(36)21-14-8-3-9-15-21)26(39-29(35)20-12-6-2-7-13-20)23(38-25)18-37-28(34)19-10-4-1-5-11-19/h1-17,23,25-27H,18H2,(H,32,33)/t23-,25+,26-,27+/m1/s1. The molecule has 0 amide bonds. The Labute approximate surface area is 228 Å². The lowest BCUT2D eigenvalue weighted by molar-refractivity contribution is -0.0452. The number of nitrogens with one attached hydrogen (secondary N) is 1. The highest BCUT2D eigenvalue weighted by Gasteiger charge is 2.51. The van der Waals surface area contributed by atoms with E-state index in [0.717, 1.165) is 0 Å². The second-order valence-corrected chi connectivity index (χ2v) is 8.88. The van der Waals surface area contributed by atoms with Crippen molar-refractivity contribution in [1.82, 2.24) is 10.2 Å². The van der Waals surface area contributed by atoms with Crippen LogP contribution in [-0.2, 0) is 18.9 Å². The second kappa shape index (κ2) is 12.2. The largest absolute Gasteiger partial charge is 0.459 e. The lowest BCUT2D eigenvalue weighted by Crippen LogP contribution is -2.41. The number of ether oxygens (including phenoxy) is 4. The Morgan fingerprint density at radius 2 is 1.18 bits per heavy atom. The van der Waals surface area contributed by atoms with Crippen LogP contribution < -0.4 is 5.56 Å². The zero-order chi connectivity index (χ0) is 27.9. The van der Waals surface area contributed by atoms with Crippen molar-refractivity contribution in [3.63, 3.8) is 0 Å². The maximum absolute atomic E-state index is 13.1. The van der Waals surface area contributed by atoms with Gasteiger partial charge >= 0.3 is 17.9 Å². The molecule has 0 radical (unpaired) electrons. The van der Waals surface area contributed by atoms with Gasteiger partial charge in [0.15, 0.2) is 12.2 Å². The Bertz CT molecular complexity index is 1510. The first-order chi connectivity index (χ1) is 19.5. The number of carbonyl (C=O) groups excluding carboxylic acids is 3. The van der Waals surface area contributed by atoms with Gasteiger partial charge in [0, 0.05) is 6.07 Å². The van der Waals surface area contributed by atoms with Gasteiger partial charge in [0.25, 0.3) is 5.56 Å². The second-order valence-electron chi connectivity index (χ2n) is 8.88. The molecular formula is C30H24N2O8. The summed E-state index contributed by atoms with van der Waals surface area (Å²) >= 11 is 0. The number of H-pyrrole nitrogens is 1. The van der Waals surface area contributed by atoms with Crippen LogP contribution >= 0.6 is 0 Å². The van der Waals surface area contributed by atoms with E-state index in [1.54, 1.807) is 91.0 Å². The average Bonchev–Trinajstić information content (AvgIpc) is 3.33. The van der Waals surface area contributed by atoms with Crippen LogP contribution in [0.25, 0.3) is 0 Å². The number of aromatic amines is 1. The van der Waals surface area contributed by atoms with Crippen LogP contribution in [0.1, 0.15) is 42.9 Å².